The van der Waals surface area contributed by atoms with Crippen LogP contribution in [-0.4, -0.2) is 43.7 Å². The van der Waals surface area contributed by atoms with Crippen molar-refractivity contribution in [1.82, 2.24) is 4.90 Å². The summed E-state index contributed by atoms with van der Waals surface area (Å²) in [7, 11) is 1.38. The molecular formula is C11H22N2O2. The maximum atomic E-state index is 11.0. The number of rotatable bonds is 5. The van der Waals surface area contributed by atoms with E-state index in [-0.39, 0.29) is 5.97 Å². The summed E-state index contributed by atoms with van der Waals surface area (Å²) in [4.78, 5) is 13.5. The van der Waals surface area contributed by atoms with Crippen LogP contribution >= 0.6 is 0 Å². The molecule has 1 aliphatic heterocycles. The van der Waals surface area contributed by atoms with Crippen molar-refractivity contribution < 1.29 is 9.53 Å². The molecule has 0 aliphatic carbocycles. The van der Waals surface area contributed by atoms with Crippen molar-refractivity contribution in [3.05, 3.63) is 0 Å². The number of piperidine rings is 1. The second kappa shape index (κ2) is 6.80. The van der Waals surface area contributed by atoms with Crippen LogP contribution in [0.3, 0.4) is 0 Å². The molecule has 88 valence electrons. The quantitative estimate of drug-likeness (QED) is 0.686. The molecule has 1 aliphatic rings. The van der Waals surface area contributed by atoms with Crippen molar-refractivity contribution in [1.29, 1.82) is 0 Å². The molecule has 0 saturated carbocycles. The lowest BCUT2D eigenvalue weighted by Crippen LogP contribution is -2.34. The van der Waals surface area contributed by atoms with E-state index in [0.717, 1.165) is 19.4 Å². The Morgan fingerprint density at radius 3 is 2.67 bits per heavy atom. The molecule has 0 unspecified atom stereocenters. The highest BCUT2D eigenvalue weighted by atomic mass is 16.5. The van der Waals surface area contributed by atoms with Crippen molar-refractivity contribution in [2.45, 2.75) is 38.1 Å². The minimum absolute atomic E-state index is 0.298. The normalized spacial score (nSPS) is 19.9. The molecule has 1 saturated heterocycles. The van der Waals surface area contributed by atoms with E-state index in [4.69, 9.17) is 5.73 Å². The van der Waals surface area contributed by atoms with E-state index in [1.807, 2.05) is 0 Å². The number of carbonyl (C=O) groups is 1. The van der Waals surface area contributed by atoms with Gasteiger partial charge in [0, 0.05) is 0 Å². The van der Waals surface area contributed by atoms with Gasteiger partial charge in [-0.3, -0.25) is 4.79 Å². The maximum absolute atomic E-state index is 11.0. The highest BCUT2D eigenvalue weighted by Crippen LogP contribution is 2.09. The number of carbonyl (C=O) groups excluding carboxylic acids is 1. The Kier molecular flexibility index (Phi) is 5.65. The molecule has 1 rings (SSSR count). The Morgan fingerprint density at radius 1 is 1.40 bits per heavy atom. The highest BCUT2D eigenvalue weighted by molar-refractivity contribution is 5.75. The highest BCUT2D eigenvalue weighted by Gasteiger charge is 2.14. The molecule has 2 N–H and O–H groups in total. The summed E-state index contributed by atoms with van der Waals surface area (Å²) in [6.45, 7) is 3.46. The zero-order chi connectivity index (χ0) is 11.1. The molecule has 0 aromatic carbocycles. The van der Waals surface area contributed by atoms with Gasteiger partial charge in [-0.05, 0) is 45.3 Å². The van der Waals surface area contributed by atoms with Crippen LogP contribution in [0.4, 0.5) is 0 Å². The van der Waals surface area contributed by atoms with E-state index < -0.39 is 6.04 Å². The van der Waals surface area contributed by atoms with Crippen molar-refractivity contribution in [2.75, 3.05) is 26.7 Å². The number of esters is 1. The van der Waals surface area contributed by atoms with Gasteiger partial charge in [0.1, 0.15) is 6.04 Å². The topological polar surface area (TPSA) is 55.6 Å². The molecule has 0 radical (unpaired) electrons. The Bertz CT molecular complexity index is 191. The van der Waals surface area contributed by atoms with Gasteiger partial charge < -0.3 is 15.4 Å². The van der Waals surface area contributed by atoms with Crippen molar-refractivity contribution in [3.63, 3.8) is 0 Å². The average molecular weight is 214 g/mol. The Morgan fingerprint density at radius 2 is 2.07 bits per heavy atom. The van der Waals surface area contributed by atoms with Crippen molar-refractivity contribution in [3.8, 4) is 0 Å². The number of ether oxygens (including phenoxy) is 1. The monoisotopic (exact) mass is 214 g/mol. The Hall–Kier alpha value is -0.610. The van der Waals surface area contributed by atoms with Crippen molar-refractivity contribution >= 4 is 5.97 Å². The minimum Gasteiger partial charge on any atom is -0.468 e. The molecule has 0 amide bonds. The fraction of sp³-hybridized carbons (Fsp3) is 0.909. The molecule has 15 heavy (non-hydrogen) atoms. The summed E-state index contributed by atoms with van der Waals surface area (Å²) in [5.41, 5.74) is 5.65. The van der Waals surface area contributed by atoms with Gasteiger partial charge in [-0.1, -0.05) is 6.42 Å². The minimum atomic E-state index is -0.445. The summed E-state index contributed by atoms with van der Waals surface area (Å²) in [5.74, 6) is -0.298. The van der Waals surface area contributed by atoms with E-state index in [1.165, 1.54) is 39.5 Å². The number of likely N-dealkylation sites (tertiary alicyclic amines) is 1. The van der Waals surface area contributed by atoms with Crippen LogP contribution in [0.25, 0.3) is 0 Å². The summed E-state index contributed by atoms with van der Waals surface area (Å²) in [6.07, 6.45) is 5.68. The molecule has 1 heterocycles. The lowest BCUT2D eigenvalue weighted by atomic mass is 10.1. The van der Waals surface area contributed by atoms with Crippen LogP contribution in [0.5, 0.6) is 0 Å². The fourth-order valence-corrected chi connectivity index (χ4v) is 1.99. The molecule has 4 nitrogen and oxygen atoms in total. The van der Waals surface area contributed by atoms with Crippen LogP contribution in [0.1, 0.15) is 32.1 Å². The van der Waals surface area contributed by atoms with Crippen LogP contribution in [0.15, 0.2) is 0 Å². The molecule has 4 heteroatoms. The number of methoxy groups -OCH3 is 1. The molecule has 1 atom stereocenters. The Labute approximate surface area is 91.8 Å². The molecule has 0 aromatic heterocycles. The largest absolute Gasteiger partial charge is 0.468 e. The summed E-state index contributed by atoms with van der Waals surface area (Å²) in [5, 5.41) is 0. The van der Waals surface area contributed by atoms with E-state index in [2.05, 4.69) is 9.64 Å². The second-order valence-corrected chi connectivity index (χ2v) is 4.17. The second-order valence-electron chi connectivity index (χ2n) is 4.17. The van der Waals surface area contributed by atoms with Crippen molar-refractivity contribution in [2.24, 2.45) is 5.73 Å². The molecule has 0 bridgehead atoms. The SMILES string of the molecule is COC(=O)[C@@H](N)CCCN1CCCCC1. The van der Waals surface area contributed by atoms with E-state index in [0.29, 0.717) is 0 Å². The third kappa shape index (κ3) is 4.62. The number of hydrogen-bond acceptors (Lipinski definition) is 4. The molecular weight excluding hydrogens is 192 g/mol. The first kappa shape index (κ1) is 12.5. The fourth-order valence-electron chi connectivity index (χ4n) is 1.99. The first-order valence-electron chi connectivity index (χ1n) is 5.80. The van der Waals surface area contributed by atoms with Crippen LogP contribution < -0.4 is 5.73 Å². The molecule has 0 spiro atoms. The van der Waals surface area contributed by atoms with Gasteiger partial charge in [0.05, 0.1) is 7.11 Å². The predicted molar refractivity (Wildman–Crippen MR) is 59.5 cm³/mol. The van der Waals surface area contributed by atoms with Gasteiger partial charge in [0.15, 0.2) is 0 Å². The Balaban J connectivity index is 2.07. The summed E-state index contributed by atoms with van der Waals surface area (Å²) >= 11 is 0. The number of nitrogens with zero attached hydrogens (tertiary/aromatic N) is 1. The first-order chi connectivity index (χ1) is 7.24. The standard InChI is InChI=1S/C11H22N2O2/c1-15-11(14)10(12)6-5-9-13-7-3-2-4-8-13/h10H,2-9,12H2,1H3/t10-/m0/s1. The maximum Gasteiger partial charge on any atom is 0.322 e. The van der Waals surface area contributed by atoms with Gasteiger partial charge >= 0.3 is 5.97 Å². The van der Waals surface area contributed by atoms with Crippen LogP contribution in [0, 0.1) is 0 Å². The third-order valence-electron chi connectivity index (χ3n) is 2.94. The zero-order valence-corrected chi connectivity index (χ0v) is 9.58. The van der Waals surface area contributed by atoms with Crippen LogP contribution in [0.2, 0.25) is 0 Å². The summed E-state index contributed by atoms with van der Waals surface area (Å²) < 4.78 is 4.58. The van der Waals surface area contributed by atoms with Gasteiger partial charge in [-0.25, -0.2) is 0 Å². The summed E-state index contributed by atoms with van der Waals surface area (Å²) in [6, 6.07) is -0.445. The number of nitrogens with two attached hydrogens (primary N) is 1. The van der Waals surface area contributed by atoms with Gasteiger partial charge in [-0.2, -0.15) is 0 Å². The van der Waals surface area contributed by atoms with Gasteiger partial charge in [0.2, 0.25) is 0 Å². The lowest BCUT2D eigenvalue weighted by molar-refractivity contribution is -0.142. The van der Waals surface area contributed by atoms with Gasteiger partial charge in [-0.15, -0.1) is 0 Å². The molecule has 0 aromatic rings. The third-order valence-corrected chi connectivity index (χ3v) is 2.94. The lowest BCUT2D eigenvalue weighted by Gasteiger charge is -2.26. The molecule has 1 fully saturated rings. The average Bonchev–Trinajstić information content (AvgIpc) is 2.29. The van der Waals surface area contributed by atoms with Gasteiger partial charge in [0.25, 0.3) is 0 Å². The van der Waals surface area contributed by atoms with E-state index in [1.54, 1.807) is 0 Å². The number of hydrogen-bond donors (Lipinski definition) is 1. The van der Waals surface area contributed by atoms with Crippen LogP contribution in [-0.2, 0) is 9.53 Å². The van der Waals surface area contributed by atoms with E-state index >= 15 is 0 Å². The smallest absolute Gasteiger partial charge is 0.322 e. The van der Waals surface area contributed by atoms with E-state index in [9.17, 15) is 4.79 Å². The first-order valence-corrected chi connectivity index (χ1v) is 5.80. The zero-order valence-electron chi connectivity index (χ0n) is 9.58. The predicted octanol–water partition coefficient (Wildman–Crippen LogP) is 0.753.